The Morgan fingerprint density at radius 3 is 3.23 bits per heavy atom. The van der Waals surface area contributed by atoms with E-state index in [-0.39, 0.29) is 5.92 Å². The van der Waals surface area contributed by atoms with Crippen LogP contribution >= 0.6 is 15.9 Å². The van der Waals surface area contributed by atoms with Crippen molar-refractivity contribution in [1.82, 2.24) is 9.78 Å². The average Bonchev–Trinajstić information content (AvgIpc) is 2.47. The molecule has 1 atom stereocenters. The summed E-state index contributed by atoms with van der Waals surface area (Å²) >= 11 is 3.35. The van der Waals surface area contributed by atoms with Crippen molar-refractivity contribution in [3.8, 4) is 0 Å². The molecule has 1 aromatic heterocycles. The smallest absolute Gasteiger partial charge is 0.306 e. The first-order chi connectivity index (χ1) is 6.18. The summed E-state index contributed by atoms with van der Waals surface area (Å²) in [5.74, 6) is -0.958. The van der Waals surface area contributed by atoms with Crippen molar-refractivity contribution in [3.63, 3.8) is 0 Å². The third kappa shape index (κ3) is 1.48. The van der Waals surface area contributed by atoms with E-state index < -0.39 is 5.97 Å². The number of carboxylic acid groups (broad SMARTS) is 1. The molecule has 1 N–H and O–H groups in total. The lowest BCUT2D eigenvalue weighted by Crippen LogP contribution is -2.25. The summed E-state index contributed by atoms with van der Waals surface area (Å²) in [4.78, 5) is 10.8. The van der Waals surface area contributed by atoms with Crippen molar-refractivity contribution >= 4 is 21.9 Å². The second-order valence-corrected chi connectivity index (χ2v) is 4.04. The zero-order valence-electron chi connectivity index (χ0n) is 6.90. The van der Waals surface area contributed by atoms with Gasteiger partial charge in [0.05, 0.1) is 22.3 Å². The highest BCUT2D eigenvalue weighted by Gasteiger charge is 2.26. The molecule has 1 aromatic rings. The largest absolute Gasteiger partial charge is 0.481 e. The Bertz CT molecular complexity index is 348. The van der Waals surface area contributed by atoms with Crippen LogP contribution in [0.2, 0.25) is 0 Å². The van der Waals surface area contributed by atoms with Crippen LogP contribution in [0.1, 0.15) is 12.1 Å². The van der Waals surface area contributed by atoms with E-state index in [1.807, 2.05) is 4.68 Å². The molecular formula is C8H9BrN2O2. The third-order valence-corrected chi connectivity index (χ3v) is 3.04. The number of fused-ring (bicyclic) bond motifs is 1. The van der Waals surface area contributed by atoms with Crippen LogP contribution < -0.4 is 0 Å². The van der Waals surface area contributed by atoms with Crippen molar-refractivity contribution in [1.29, 1.82) is 0 Å². The van der Waals surface area contributed by atoms with Crippen molar-refractivity contribution in [2.75, 3.05) is 0 Å². The first-order valence-electron chi connectivity index (χ1n) is 4.11. The van der Waals surface area contributed by atoms with Crippen LogP contribution in [0.25, 0.3) is 0 Å². The van der Waals surface area contributed by atoms with E-state index in [9.17, 15) is 4.79 Å². The number of hydrogen-bond donors (Lipinski definition) is 1. The van der Waals surface area contributed by atoms with Gasteiger partial charge in [-0.2, -0.15) is 5.10 Å². The van der Waals surface area contributed by atoms with E-state index in [1.165, 1.54) is 0 Å². The SMILES string of the molecule is O=C(O)C1CCn2ncc(Br)c2C1. The quantitative estimate of drug-likeness (QED) is 0.811. The van der Waals surface area contributed by atoms with E-state index in [4.69, 9.17) is 5.11 Å². The van der Waals surface area contributed by atoms with Gasteiger partial charge in [0.1, 0.15) is 0 Å². The molecule has 0 radical (unpaired) electrons. The summed E-state index contributed by atoms with van der Waals surface area (Å²) in [6, 6.07) is 0. The minimum atomic E-state index is -0.709. The molecular weight excluding hydrogens is 236 g/mol. The van der Waals surface area contributed by atoms with Gasteiger partial charge < -0.3 is 5.11 Å². The van der Waals surface area contributed by atoms with Gasteiger partial charge in [0.2, 0.25) is 0 Å². The van der Waals surface area contributed by atoms with Gasteiger partial charge in [-0.3, -0.25) is 9.48 Å². The minimum absolute atomic E-state index is 0.250. The van der Waals surface area contributed by atoms with Crippen LogP contribution in [0.15, 0.2) is 10.7 Å². The Morgan fingerprint density at radius 2 is 2.54 bits per heavy atom. The first-order valence-corrected chi connectivity index (χ1v) is 4.91. The molecule has 0 saturated heterocycles. The highest BCUT2D eigenvalue weighted by atomic mass is 79.9. The maximum atomic E-state index is 10.8. The summed E-state index contributed by atoms with van der Waals surface area (Å²) in [6.45, 7) is 0.706. The molecule has 2 heterocycles. The molecule has 0 spiro atoms. The summed E-state index contributed by atoms with van der Waals surface area (Å²) in [5, 5.41) is 13.0. The number of nitrogens with zero attached hydrogens (tertiary/aromatic N) is 2. The van der Waals surface area contributed by atoms with Crippen molar-refractivity contribution < 1.29 is 9.90 Å². The molecule has 13 heavy (non-hydrogen) atoms. The molecule has 0 aliphatic carbocycles. The van der Waals surface area contributed by atoms with Crippen LogP contribution in [0, 0.1) is 5.92 Å². The van der Waals surface area contributed by atoms with Crippen LogP contribution in [0.4, 0.5) is 0 Å². The average molecular weight is 245 g/mol. The summed E-state index contributed by atoms with van der Waals surface area (Å²) < 4.78 is 2.78. The number of carbonyl (C=O) groups is 1. The fourth-order valence-electron chi connectivity index (χ4n) is 1.61. The molecule has 0 fully saturated rings. The van der Waals surface area contributed by atoms with Gasteiger partial charge in [0.15, 0.2) is 0 Å². The fourth-order valence-corrected chi connectivity index (χ4v) is 2.07. The van der Waals surface area contributed by atoms with Gasteiger partial charge in [-0.15, -0.1) is 0 Å². The minimum Gasteiger partial charge on any atom is -0.481 e. The zero-order chi connectivity index (χ0) is 9.42. The lowest BCUT2D eigenvalue weighted by atomic mass is 9.97. The van der Waals surface area contributed by atoms with Crippen LogP contribution in [-0.2, 0) is 17.8 Å². The standard InChI is InChI=1S/C8H9BrN2O2/c9-6-4-10-11-2-1-5(8(12)13)3-7(6)11/h4-5H,1-3H2,(H,12,13). The molecule has 5 heteroatoms. The van der Waals surface area contributed by atoms with E-state index in [2.05, 4.69) is 21.0 Å². The van der Waals surface area contributed by atoms with Crippen LogP contribution in [0.5, 0.6) is 0 Å². The number of aromatic nitrogens is 2. The van der Waals surface area contributed by atoms with Crippen molar-refractivity contribution in [2.45, 2.75) is 19.4 Å². The summed E-state index contributed by atoms with van der Waals surface area (Å²) in [6.07, 6.45) is 2.98. The molecule has 0 aromatic carbocycles. The maximum absolute atomic E-state index is 10.8. The Morgan fingerprint density at radius 1 is 1.77 bits per heavy atom. The highest BCUT2D eigenvalue weighted by molar-refractivity contribution is 9.10. The van der Waals surface area contributed by atoms with Crippen LogP contribution in [0.3, 0.4) is 0 Å². The Balaban J connectivity index is 2.27. The second-order valence-electron chi connectivity index (χ2n) is 3.19. The predicted molar refractivity (Wildman–Crippen MR) is 49.4 cm³/mol. The Hall–Kier alpha value is -0.840. The van der Waals surface area contributed by atoms with Gasteiger partial charge >= 0.3 is 5.97 Å². The molecule has 0 bridgehead atoms. The topological polar surface area (TPSA) is 55.1 Å². The van der Waals surface area contributed by atoms with Gasteiger partial charge in [-0.25, -0.2) is 0 Å². The second kappa shape index (κ2) is 3.14. The van der Waals surface area contributed by atoms with Crippen molar-refractivity contribution in [2.24, 2.45) is 5.92 Å². The van der Waals surface area contributed by atoms with Crippen molar-refractivity contribution in [3.05, 3.63) is 16.4 Å². The Labute approximate surface area is 83.7 Å². The third-order valence-electron chi connectivity index (χ3n) is 2.38. The number of rotatable bonds is 1. The molecule has 1 aliphatic heterocycles. The number of aryl methyl sites for hydroxylation is 1. The predicted octanol–water partition coefficient (Wildman–Crippen LogP) is 1.29. The maximum Gasteiger partial charge on any atom is 0.306 e. The summed E-state index contributed by atoms with van der Waals surface area (Å²) in [7, 11) is 0. The Kier molecular flexibility index (Phi) is 2.11. The fraction of sp³-hybridized carbons (Fsp3) is 0.500. The monoisotopic (exact) mass is 244 g/mol. The van der Waals surface area contributed by atoms with Gasteiger partial charge in [0, 0.05) is 13.0 Å². The van der Waals surface area contributed by atoms with E-state index in [1.54, 1.807) is 6.20 Å². The van der Waals surface area contributed by atoms with Gasteiger partial charge in [-0.1, -0.05) is 0 Å². The molecule has 1 aliphatic rings. The van der Waals surface area contributed by atoms with E-state index >= 15 is 0 Å². The van der Waals surface area contributed by atoms with E-state index in [0.717, 1.165) is 10.2 Å². The lowest BCUT2D eigenvalue weighted by Gasteiger charge is -2.19. The first kappa shape index (κ1) is 8.74. The summed E-state index contributed by atoms with van der Waals surface area (Å²) in [5.41, 5.74) is 0.999. The molecule has 2 rings (SSSR count). The zero-order valence-corrected chi connectivity index (χ0v) is 8.49. The molecule has 4 nitrogen and oxygen atoms in total. The lowest BCUT2D eigenvalue weighted by molar-refractivity contribution is -0.142. The molecule has 70 valence electrons. The highest BCUT2D eigenvalue weighted by Crippen LogP contribution is 2.26. The van der Waals surface area contributed by atoms with E-state index in [0.29, 0.717) is 19.4 Å². The number of halogens is 1. The van der Waals surface area contributed by atoms with Gasteiger partial charge in [0.25, 0.3) is 0 Å². The number of aliphatic carboxylic acids is 1. The van der Waals surface area contributed by atoms with Gasteiger partial charge in [-0.05, 0) is 22.4 Å². The molecule has 1 unspecified atom stereocenters. The molecule has 0 amide bonds. The number of hydrogen-bond acceptors (Lipinski definition) is 2. The molecule has 0 saturated carbocycles. The number of carboxylic acids is 1. The normalized spacial score (nSPS) is 21.2. The van der Waals surface area contributed by atoms with Crippen LogP contribution in [-0.4, -0.2) is 20.9 Å².